The SMILES string of the molecule is CC(C)OCC(O)CNc1ccc(OC(F)(F)F)cc1. The first kappa shape index (κ1) is 16.6. The minimum Gasteiger partial charge on any atom is -0.406 e. The number of rotatable bonds is 7. The summed E-state index contributed by atoms with van der Waals surface area (Å²) in [4.78, 5) is 0. The molecule has 0 spiro atoms. The fraction of sp³-hybridized carbons (Fsp3) is 0.538. The van der Waals surface area contributed by atoms with E-state index in [1.54, 1.807) is 0 Å². The monoisotopic (exact) mass is 293 g/mol. The van der Waals surface area contributed by atoms with Crippen molar-refractivity contribution >= 4 is 5.69 Å². The second-order valence-corrected chi connectivity index (χ2v) is 4.49. The van der Waals surface area contributed by atoms with E-state index in [9.17, 15) is 18.3 Å². The average molecular weight is 293 g/mol. The maximum atomic E-state index is 12.0. The minimum atomic E-state index is -4.70. The summed E-state index contributed by atoms with van der Waals surface area (Å²) in [6.07, 6.45) is -5.36. The van der Waals surface area contributed by atoms with Gasteiger partial charge in [-0.1, -0.05) is 0 Å². The largest absolute Gasteiger partial charge is 0.573 e. The molecule has 0 aromatic heterocycles. The molecule has 0 radical (unpaired) electrons. The number of alkyl halides is 3. The molecule has 114 valence electrons. The molecule has 4 nitrogen and oxygen atoms in total. The van der Waals surface area contributed by atoms with Gasteiger partial charge in [-0.25, -0.2) is 0 Å². The summed E-state index contributed by atoms with van der Waals surface area (Å²) >= 11 is 0. The molecule has 1 aromatic rings. The van der Waals surface area contributed by atoms with Crippen molar-refractivity contribution < 1.29 is 27.8 Å². The Morgan fingerprint density at radius 2 is 1.80 bits per heavy atom. The van der Waals surface area contributed by atoms with Gasteiger partial charge in [0.05, 0.1) is 18.8 Å². The van der Waals surface area contributed by atoms with Crippen LogP contribution in [0.2, 0.25) is 0 Å². The molecule has 0 aliphatic carbocycles. The van der Waals surface area contributed by atoms with Crippen molar-refractivity contribution in [2.24, 2.45) is 0 Å². The standard InChI is InChI=1S/C13H18F3NO3/c1-9(2)19-8-11(18)7-17-10-3-5-12(6-4-10)20-13(14,15)16/h3-6,9,11,17-18H,7-8H2,1-2H3. The van der Waals surface area contributed by atoms with Crippen LogP contribution in [0, 0.1) is 0 Å². The Bertz CT molecular complexity index is 393. The van der Waals surface area contributed by atoms with Gasteiger partial charge in [0.25, 0.3) is 0 Å². The van der Waals surface area contributed by atoms with Crippen molar-refractivity contribution in [2.45, 2.75) is 32.4 Å². The molecule has 0 saturated heterocycles. The molecule has 1 rings (SSSR count). The number of aliphatic hydroxyl groups excluding tert-OH is 1. The lowest BCUT2D eigenvalue weighted by atomic mass is 10.3. The molecule has 0 aliphatic heterocycles. The quantitative estimate of drug-likeness (QED) is 0.811. The molecule has 0 fully saturated rings. The molecule has 0 heterocycles. The molecule has 20 heavy (non-hydrogen) atoms. The summed E-state index contributed by atoms with van der Waals surface area (Å²) < 4.78 is 44.9. The maximum Gasteiger partial charge on any atom is 0.573 e. The van der Waals surface area contributed by atoms with E-state index in [-0.39, 0.29) is 25.0 Å². The average Bonchev–Trinajstić information content (AvgIpc) is 2.33. The summed E-state index contributed by atoms with van der Waals surface area (Å²) in [6, 6.07) is 5.29. The van der Waals surface area contributed by atoms with Crippen LogP contribution >= 0.6 is 0 Å². The summed E-state index contributed by atoms with van der Waals surface area (Å²) in [5.74, 6) is -0.285. The Morgan fingerprint density at radius 1 is 1.20 bits per heavy atom. The lowest BCUT2D eigenvalue weighted by Crippen LogP contribution is -2.26. The third kappa shape index (κ3) is 7.20. The molecule has 0 saturated carbocycles. The highest BCUT2D eigenvalue weighted by molar-refractivity contribution is 5.46. The Balaban J connectivity index is 2.38. The zero-order valence-corrected chi connectivity index (χ0v) is 11.3. The first-order valence-electron chi connectivity index (χ1n) is 6.15. The molecule has 0 amide bonds. The van der Waals surface area contributed by atoms with Gasteiger partial charge in [-0.15, -0.1) is 13.2 Å². The number of halogens is 3. The zero-order chi connectivity index (χ0) is 15.2. The number of benzene rings is 1. The number of ether oxygens (including phenoxy) is 2. The lowest BCUT2D eigenvalue weighted by molar-refractivity contribution is -0.274. The number of anilines is 1. The van der Waals surface area contributed by atoms with Gasteiger partial charge in [-0.3, -0.25) is 0 Å². The third-order valence-corrected chi connectivity index (χ3v) is 2.25. The van der Waals surface area contributed by atoms with Crippen LogP contribution in [0.1, 0.15) is 13.8 Å². The van der Waals surface area contributed by atoms with Gasteiger partial charge >= 0.3 is 6.36 Å². The van der Waals surface area contributed by atoms with E-state index in [4.69, 9.17) is 4.74 Å². The van der Waals surface area contributed by atoms with E-state index >= 15 is 0 Å². The molecule has 1 unspecified atom stereocenters. The van der Waals surface area contributed by atoms with Gasteiger partial charge in [0.15, 0.2) is 0 Å². The van der Waals surface area contributed by atoms with Gasteiger partial charge in [0, 0.05) is 12.2 Å². The molecular weight excluding hydrogens is 275 g/mol. The van der Waals surface area contributed by atoms with Crippen LogP contribution in [0.5, 0.6) is 5.75 Å². The second kappa shape index (κ2) is 7.35. The van der Waals surface area contributed by atoms with Gasteiger partial charge in [-0.2, -0.15) is 0 Å². The highest BCUT2D eigenvalue weighted by Gasteiger charge is 2.30. The highest BCUT2D eigenvalue weighted by Crippen LogP contribution is 2.23. The zero-order valence-electron chi connectivity index (χ0n) is 11.3. The topological polar surface area (TPSA) is 50.7 Å². The summed E-state index contributed by atoms with van der Waals surface area (Å²) in [6.45, 7) is 4.16. The molecule has 1 aromatic carbocycles. The highest BCUT2D eigenvalue weighted by atomic mass is 19.4. The van der Waals surface area contributed by atoms with Crippen LogP contribution in [-0.2, 0) is 4.74 Å². The van der Waals surface area contributed by atoms with Crippen LogP contribution in [0.4, 0.5) is 18.9 Å². The first-order valence-corrected chi connectivity index (χ1v) is 6.15. The number of hydrogen-bond donors (Lipinski definition) is 2. The lowest BCUT2D eigenvalue weighted by Gasteiger charge is -2.15. The maximum absolute atomic E-state index is 12.0. The minimum absolute atomic E-state index is 0.0310. The van der Waals surface area contributed by atoms with Crippen LogP contribution in [-0.4, -0.2) is 36.8 Å². The Hall–Kier alpha value is -1.47. The smallest absolute Gasteiger partial charge is 0.406 e. The Morgan fingerprint density at radius 3 is 2.30 bits per heavy atom. The third-order valence-electron chi connectivity index (χ3n) is 2.25. The van der Waals surface area contributed by atoms with E-state index in [1.165, 1.54) is 24.3 Å². The fourth-order valence-corrected chi connectivity index (χ4v) is 1.37. The van der Waals surface area contributed by atoms with Crippen molar-refractivity contribution in [2.75, 3.05) is 18.5 Å². The summed E-state index contributed by atoms with van der Waals surface area (Å²) in [7, 11) is 0. The van der Waals surface area contributed by atoms with E-state index in [0.717, 1.165) is 0 Å². The number of hydrogen-bond acceptors (Lipinski definition) is 4. The van der Waals surface area contributed by atoms with E-state index in [1.807, 2.05) is 13.8 Å². The fourth-order valence-electron chi connectivity index (χ4n) is 1.37. The van der Waals surface area contributed by atoms with Gasteiger partial charge in [-0.05, 0) is 38.1 Å². The van der Waals surface area contributed by atoms with Crippen molar-refractivity contribution in [3.05, 3.63) is 24.3 Å². The van der Waals surface area contributed by atoms with Crippen LogP contribution in [0.15, 0.2) is 24.3 Å². The predicted molar refractivity (Wildman–Crippen MR) is 68.7 cm³/mol. The van der Waals surface area contributed by atoms with Crippen molar-refractivity contribution in [1.82, 2.24) is 0 Å². The van der Waals surface area contributed by atoms with Crippen LogP contribution in [0.25, 0.3) is 0 Å². The first-order chi connectivity index (χ1) is 9.26. The number of nitrogens with one attached hydrogen (secondary N) is 1. The van der Waals surface area contributed by atoms with Crippen molar-refractivity contribution in [3.8, 4) is 5.75 Å². The summed E-state index contributed by atoms with van der Waals surface area (Å²) in [5, 5.41) is 12.5. The predicted octanol–water partition coefficient (Wildman–Crippen LogP) is 2.78. The normalized spacial score (nSPS) is 13.3. The molecule has 7 heteroatoms. The van der Waals surface area contributed by atoms with E-state index < -0.39 is 12.5 Å². The molecule has 0 bridgehead atoms. The van der Waals surface area contributed by atoms with Crippen molar-refractivity contribution in [1.29, 1.82) is 0 Å². The van der Waals surface area contributed by atoms with Crippen LogP contribution < -0.4 is 10.1 Å². The van der Waals surface area contributed by atoms with E-state index in [0.29, 0.717) is 5.69 Å². The second-order valence-electron chi connectivity index (χ2n) is 4.49. The molecular formula is C13H18F3NO3. The Labute approximate surface area is 115 Å². The van der Waals surface area contributed by atoms with Crippen LogP contribution in [0.3, 0.4) is 0 Å². The molecule has 2 N–H and O–H groups in total. The molecule has 1 atom stereocenters. The molecule has 0 aliphatic rings. The van der Waals surface area contributed by atoms with Gasteiger partial charge in [0.1, 0.15) is 5.75 Å². The van der Waals surface area contributed by atoms with E-state index in [2.05, 4.69) is 10.1 Å². The summed E-state index contributed by atoms with van der Waals surface area (Å²) in [5.41, 5.74) is 0.586. The number of aliphatic hydroxyl groups is 1. The van der Waals surface area contributed by atoms with Gasteiger partial charge in [0.2, 0.25) is 0 Å². The Kier molecular flexibility index (Phi) is 6.09. The van der Waals surface area contributed by atoms with Gasteiger partial charge < -0.3 is 19.9 Å². The van der Waals surface area contributed by atoms with Crippen molar-refractivity contribution in [3.63, 3.8) is 0 Å².